The highest BCUT2D eigenvalue weighted by atomic mass is 15.2. The van der Waals surface area contributed by atoms with Crippen LogP contribution in [0.1, 0.15) is 47.0 Å². The van der Waals surface area contributed by atoms with E-state index >= 15 is 0 Å². The lowest BCUT2D eigenvalue weighted by molar-refractivity contribution is 0.156. The molecule has 0 aromatic carbocycles. The Balaban J connectivity index is 2.69. The molecule has 2 unspecified atom stereocenters. The second-order valence-corrected chi connectivity index (χ2v) is 7.58. The van der Waals surface area contributed by atoms with Crippen LogP contribution in [-0.4, -0.2) is 61.2 Å². The monoisotopic (exact) mass is 294 g/mol. The lowest BCUT2D eigenvalue weighted by Gasteiger charge is -2.33. The van der Waals surface area contributed by atoms with Crippen molar-refractivity contribution in [2.45, 2.75) is 64.6 Å². The Bertz CT molecular complexity index is 345. The Morgan fingerprint density at radius 3 is 2.38 bits per heavy atom. The summed E-state index contributed by atoms with van der Waals surface area (Å²) in [5.74, 6) is 0.669. The van der Waals surface area contributed by atoms with Gasteiger partial charge in [0.2, 0.25) is 0 Å². The fraction of sp³-hybridized carbons (Fsp3) is 0.941. The SMILES string of the molecule is CC(C)CN(CCN(C)C)C1CCC(C#N)(NC(C)C)C1. The number of nitrogens with one attached hydrogen (secondary N) is 1. The number of rotatable bonds is 8. The van der Waals surface area contributed by atoms with Crippen molar-refractivity contribution < 1.29 is 0 Å². The van der Waals surface area contributed by atoms with Crippen molar-refractivity contribution in [3.05, 3.63) is 0 Å². The van der Waals surface area contributed by atoms with Gasteiger partial charge >= 0.3 is 0 Å². The summed E-state index contributed by atoms with van der Waals surface area (Å²) in [4.78, 5) is 4.85. The molecule has 0 heterocycles. The van der Waals surface area contributed by atoms with Gasteiger partial charge in [0.15, 0.2) is 0 Å². The van der Waals surface area contributed by atoms with Crippen LogP contribution in [0.4, 0.5) is 0 Å². The van der Waals surface area contributed by atoms with Crippen molar-refractivity contribution >= 4 is 0 Å². The lowest BCUT2D eigenvalue weighted by atomic mass is 9.98. The fourth-order valence-corrected chi connectivity index (χ4v) is 3.37. The summed E-state index contributed by atoms with van der Waals surface area (Å²) in [5.41, 5.74) is -0.313. The molecule has 4 heteroatoms. The molecule has 0 aromatic rings. The third-order valence-corrected chi connectivity index (χ3v) is 4.22. The first-order chi connectivity index (χ1) is 9.78. The fourth-order valence-electron chi connectivity index (χ4n) is 3.37. The molecule has 4 nitrogen and oxygen atoms in total. The standard InChI is InChI=1S/C17H34N4/c1-14(2)12-21(10-9-20(5)6)16-7-8-17(11-16,13-18)19-15(3)4/h14-16,19H,7-12H2,1-6H3. The Morgan fingerprint density at radius 1 is 1.24 bits per heavy atom. The van der Waals surface area contributed by atoms with Gasteiger partial charge in [0.05, 0.1) is 6.07 Å². The van der Waals surface area contributed by atoms with E-state index in [1.807, 2.05) is 0 Å². The molecule has 1 rings (SSSR count). The second-order valence-electron chi connectivity index (χ2n) is 7.58. The predicted octanol–water partition coefficient (Wildman–Crippen LogP) is 2.32. The molecular weight excluding hydrogens is 260 g/mol. The number of hydrogen-bond donors (Lipinski definition) is 1. The zero-order valence-corrected chi connectivity index (χ0v) is 14.8. The molecule has 1 fully saturated rings. The van der Waals surface area contributed by atoms with E-state index in [4.69, 9.17) is 0 Å². The first kappa shape index (κ1) is 18.4. The molecule has 0 amide bonds. The normalized spacial score (nSPS) is 26.2. The zero-order valence-electron chi connectivity index (χ0n) is 14.8. The zero-order chi connectivity index (χ0) is 16.0. The summed E-state index contributed by atoms with van der Waals surface area (Å²) in [6, 6.07) is 3.47. The minimum Gasteiger partial charge on any atom is -0.308 e. The average molecular weight is 294 g/mol. The Kier molecular flexibility index (Phi) is 7.12. The van der Waals surface area contributed by atoms with Gasteiger partial charge < -0.3 is 4.90 Å². The van der Waals surface area contributed by atoms with Crippen LogP contribution in [0.2, 0.25) is 0 Å². The van der Waals surface area contributed by atoms with E-state index in [1.54, 1.807) is 0 Å². The van der Waals surface area contributed by atoms with Crippen molar-refractivity contribution in [3.8, 4) is 6.07 Å². The van der Waals surface area contributed by atoms with Gasteiger partial charge in [-0.3, -0.25) is 10.2 Å². The molecule has 0 radical (unpaired) electrons. The van der Waals surface area contributed by atoms with E-state index in [9.17, 15) is 5.26 Å². The molecule has 21 heavy (non-hydrogen) atoms. The first-order valence-electron chi connectivity index (χ1n) is 8.35. The van der Waals surface area contributed by atoms with Gasteiger partial charge in [0, 0.05) is 31.7 Å². The smallest absolute Gasteiger partial charge is 0.108 e. The molecule has 0 saturated heterocycles. The Labute approximate surface area is 131 Å². The van der Waals surface area contributed by atoms with Gasteiger partial charge in [-0.2, -0.15) is 5.26 Å². The highest BCUT2D eigenvalue weighted by Crippen LogP contribution is 2.33. The van der Waals surface area contributed by atoms with E-state index in [0.29, 0.717) is 18.0 Å². The van der Waals surface area contributed by atoms with Crippen LogP contribution >= 0.6 is 0 Å². The van der Waals surface area contributed by atoms with Gasteiger partial charge in [-0.15, -0.1) is 0 Å². The second kappa shape index (κ2) is 8.12. The molecule has 1 aliphatic rings. The van der Waals surface area contributed by atoms with Gasteiger partial charge in [-0.05, 0) is 53.1 Å². The van der Waals surface area contributed by atoms with Crippen LogP contribution < -0.4 is 5.32 Å². The quantitative estimate of drug-likeness (QED) is 0.746. The highest BCUT2D eigenvalue weighted by molar-refractivity contribution is 5.14. The summed E-state index contributed by atoms with van der Waals surface area (Å²) in [6.45, 7) is 12.1. The molecule has 2 atom stereocenters. The molecule has 122 valence electrons. The maximum Gasteiger partial charge on any atom is 0.108 e. The maximum atomic E-state index is 9.63. The van der Waals surface area contributed by atoms with Gasteiger partial charge in [0.25, 0.3) is 0 Å². The van der Waals surface area contributed by atoms with Crippen molar-refractivity contribution in [1.82, 2.24) is 15.1 Å². The maximum absolute atomic E-state index is 9.63. The largest absolute Gasteiger partial charge is 0.308 e. The Hall–Kier alpha value is -0.630. The third-order valence-electron chi connectivity index (χ3n) is 4.22. The number of hydrogen-bond acceptors (Lipinski definition) is 4. The summed E-state index contributed by atoms with van der Waals surface area (Å²) >= 11 is 0. The summed E-state index contributed by atoms with van der Waals surface area (Å²) < 4.78 is 0. The summed E-state index contributed by atoms with van der Waals surface area (Å²) in [7, 11) is 4.25. The summed E-state index contributed by atoms with van der Waals surface area (Å²) in [6.07, 6.45) is 3.07. The van der Waals surface area contributed by atoms with Gasteiger partial charge in [-0.1, -0.05) is 13.8 Å². The van der Waals surface area contributed by atoms with Gasteiger partial charge in [-0.25, -0.2) is 0 Å². The van der Waals surface area contributed by atoms with Crippen LogP contribution in [0.25, 0.3) is 0 Å². The predicted molar refractivity (Wildman–Crippen MR) is 89.2 cm³/mol. The minimum atomic E-state index is -0.313. The van der Waals surface area contributed by atoms with E-state index in [-0.39, 0.29) is 5.54 Å². The van der Waals surface area contributed by atoms with E-state index in [0.717, 1.165) is 38.9 Å². The molecule has 0 aliphatic heterocycles. The number of nitrogens with zero attached hydrogens (tertiary/aromatic N) is 3. The topological polar surface area (TPSA) is 42.3 Å². The Morgan fingerprint density at radius 2 is 1.90 bits per heavy atom. The molecule has 1 aliphatic carbocycles. The van der Waals surface area contributed by atoms with E-state index in [1.165, 1.54) is 0 Å². The first-order valence-corrected chi connectivity index (χ1v) is 8.35. The average Bonchev–Trinajstić information content (AvgIpc) is 2.77. The van der Waals surface area contributed by atoms with Crippen molar-refractivity contribution in [3.63, 3.8) is 0 Å². The molecule has 0 spiro atoms. The van der Waals surface area contributed by atoms with E-state index in [2.05, 4.69) is 63.0 Å². The number of nitriles is 1. The molecule has 1 N–H and O–H groups in total. The lowest BCUT2D eigenvalue weighted by Crippen LogP contribution is -2.48. The molecule has 1 saturated carbocycles. The molecule has 0 aromatic heterocycles. The van der Waals surface area contributed by atoms with Crippen molar-refractivity contribution in [2.75, 3.05) is 33.7 Å². The minimum absolute atomic E-state index is 0.313. The van der Waals surface area contributed by atoms with E-state index < -0.39 is 0 Å². The summed E-state index contributed by atoms with van der Waals surface area (Å²) in [5, 5.41) is 13.1. The highest BCUT2D eigenvalue weighted by Gasteiger charge is 2.41. The third kappa shape index (κ3) is 5.94. The van der Waals surface area contributed by atoms with Crippen molar-refractivity contribution in [1.29, 1.82) is 5.26 Å². The molecule has 0 bridgehead atoms. The van der Waals surface area contributed by atoms with Crippen molar-refractivity contribution in [2.24, 2.45) is 5.92 Å². The van der Waals surface area contributed by atoms with Gasteiger partial charge in [0.1, 0.15) is 5.54 Å². The van der Waals surface area contributed by atoms with Crippen LogP contribution in [-0.2, 0) is 0 Å². The van der Waals surface area contributed by atoms with Crippen LogP contribution in [0.3, 0.4) is 0 Å². The van der Waals surface area contributed by atoms with Crippen LogP contribution in [0.5, 0.6) is 0 Å². The van der Waals surface area contributed by atoms with Crippen LogP contribution in [0.15, 0.2) is 0 Å². The molecular formula is C17H34N4. The van der Waals surface area contributed by atoms with Crippen LogP contribution in [0, 0.1) is 17.2 Å². The number of likely N-dealkylation sites (N-methyl/N-ethyl adjacent to an activating group) is 1.